The number of hydrazone groups is 1. The zero-order valence-corrected chi connectivity index (χ0v) is 18.6. The Hall–Kier alpha value is -3.92. The smallest absolute Gasteiger partial charge is 0.247 e. The van der Waals surface area contributed by atoms with Gasteiger partial charge in [-0.3, -0.25) is 4.98 Å². The van der Waals surface area contributed by atoms with Gasteiger partial charge in [0, 0.05) is 39.6 Å². The lowest BCUT2D eigenvalue weighted by molar-refractivity contribution is 0.122. The summed E-state index contributed by atoms with van der Waals surface area (Å²) in [5.41, 5.74) is 5.83. The number of anilines is 4. The molecule has 0 bridgehead atoms. The minimum atomic E-state index is -0.0249. The molecule has 5 rings (SSSR count). The van der Waals surface area contributed by atoms with Crippen LogP contribution in [-0.2, 0) is 4.74 Å². The van der Waals surface area contributed by atoms with E-state index in [-0.39, 0.29) is 11.9 Å². The Balaban J connectivity index is 1.50. The summed E-state index contributed by atoms with van der Waals surface area (Å²) in [4.78, 5) is 20.4. The molecule has 0 amide bonds. The minimum absolute atomic E-state index is 0.0249. The van der Waals surface area contributed by atoms with Crippen molar-refractivity contribution in [1.82, 2.24) is 15.0 Å². The van der Waals surface area contributed by atoms with Gasteiger partial charge < -0.3 is 24.5 Å². The predicted octanol–water partition coefficient (Wildman–Crippen LogP) is 2.44. The molecule has 170 valence electrons. The fraction of sp³-hybridized carbons (Fsp3) is 0.304. The number of aromatic nitrogens is 3. The number of fused-ring (bicyclic) bond motifs is 1. The van der Waals surface area contributed by atoms with Gasteiger partial charge in [0.1, 0.15) is 17.6 Å². The molecule has 0 radical (unpaired) electrons. The number of hydrogen-bond acceptors (Lipinski definition) is 10. The van der Waals surface area contributed by atoms with Gasteiger partial charge in [-0.15, -0.1) is 0 Å². The molecule has 2 aliphatic heterocycles. The van der Waals surface area contributed by atoms with E-state index in [0.717, 1.165) is 41.5 Å². The highest BCUT2D eigenvalue weighted by Crippen LogP contribution is 2.48. The first-order valence-corrected chi connectivity index (χ1v) is 10.8. The van der Waals surface area contributed by atoms with Crippen molar-refractivity contribution in [1.29, 1.82) is 0 Å². The first-order chi connectivity index (χ1) is 16.1. The molecule has 2 aromatic heterocycles. The second-order valence-corrected chi connectivity index (χ2v) is 7.98. The highest BCUT2D eigenvalue weighted by Gasteiger charge is 2.38. The van der Waals surface area contributed by atoms with Crippen LogP contribution in [0.1, 0.15) is 17.3 Å². The number of rotatable bonds is 5. The van der Waals surface area contributed by atoms with Crippen molar-refractivity contribution in [3.8, 4) is 5.75 Å². The standard InChI is InChI=1S/C23H26N8O2/c1-29-19-20(30(2)22(29)17-6-8-24-9-7-17)26-23(27-21(19)31-10-12-33-13-11-31)28-25-15-16-4-3-5-18(32)14-16/h3-9,14-15,22,32H,10-13H2,1-2H3,(H,26,27,28)/b25-15+. The quantitative estimate of drug-likeness (QED) is 0.452. The monoisotopic (exact) mass is 446 g/mol. The van der Waals surface area contributed by atoms with Gasteiger partial charge in [-0.05, 0) is 35.4 Å². The second-order valence-electron chi connectivity index (χ2n) is 7.98. The average Bonchev–Trinajstić information content (AvgIpc) is 3.09. The lowest BCUT2D eigenvalue weighted by Crippen LogP contribution is -2.38. The zero-order chi connectivity index (χ0) is 22.8. The number of aromatic hydroxyl groups is 1. The van der Waals surface area contributed by atoms with E-state index in [1.807, 2.05) is 25.2 Å². The first kappa shape index (κ1) is 21.0. The summed E-state index contributed by atoms with van der Waals surface area (Å²) >= 11 is 0. The van der Waals surface area contributed by atoms with Gasteiger partial charge >= 0.3 is 0 Å². The topological polar surface area (TPSA) is 102 Å². The lowest BCUT2D eigenvalue weighted by Gasteiger charge is -2.31. The molecule has 2 N–H and O–H groups in total. The Morgan fingerprint density at radius 1 is 1.06 bits per heavy atom. The second kappa shape index (κ2) is 8.91. The summed E-state index contributed by atoms with van der Waals surface area (Å²) < 4.78 is 5.56. The molecule has 1 fully saturated rings. The van der Waals surface area contributed by atoms with E-state index in [1.165, 1.54) is 0 Å². The van der Waals surface area contributed by atoms with Crippen LogP contribution in [0.25, 0.3) is 0 Å². The summed E-state index contributed by atoms with van der Waals surface area (Å²) in [6.45, 7) is 2.83. The van der Waals surface area contributed by atoms with Crippen LogP contribution < -0.4 is 20.1 Å². The van der Waals surface area contributed by atoms with Gasteiger partial charge in [-0.25, -0.2) is 5.43 Å². The molecule has 0 spiro atoms. The van der Waals surface area contributed by atoms with Crippen LogP contribution >= 0.6 is 0 Å². The van der Waals surface area contributed by atoms with Crippen LogP contribution in [0.15, 0.2) is 53.9 Å². The molecule has 0 aliphatic carbocycles. The number of benzene rings is 1. The Morgan fingerprint density at radius 3 is 2.58 bits per heavy atom. The number of phenols is 1. The summed E-state index contributed by atoms with van der Waals surface area (Å²) in [6.07, 6.45) is 5.21. The van der Waals surface area contributed by atoms with Crippen molar-refractivity contribution in [3.05, 3.63) is 59.9 Å². The molecule has 4 heterocycles. The van der Waals surface area contributed by atoms with Crippen LogP contribution in [0.2, 0.25) is 0 Å². The molecule has 10 heteroatoms. The van der Waals surface area contributed by atoms with E-state index in [0.29, 0.717) is 19.2 Å². The van der Waals surface area contributed by atoms with Crippen molar-refractivity contribution in [2.75, 3.05) is 60.5 Å². The van der Waals surface area contributed by atoms with E-state index < -0.39 is 0 Å². The fourth-order valence-electron chi connectivity index (χ4n) is 4.29. The van der Waals surface area contributed by atoms with E-state index in [1.54, 1.807) is 36.8 Å². The molecule has 1 saturated heterocycles. The summed E-state index contributed by atoms with van der Waals surface area (Å²) in [5, 5.41) is 13.9. The predicted molar refractivity (Wildman–Crippen MR) is 128 cm³/mol. The van der Waals surface area contributed by atoms with Gasteiger partial charge in [0.2, 0.25) is 5.95 Å². The molecule has 2 aliphatic rings. The largest absolute Gasteiger partial charge is 0.508 e. The third kappa shape index (κ3) is 4.12. The minimum Gasteiger partial charge on any atom is -0.508 e. The van der Waals surface area contributed by atoms with Gasteiger partial charge in [0.15, 0.2) is 11.6 Å². The van der Waals surface area contributed by atoms with E-state index >= 15 is 0 Å². The number of ether oxygens (including phenoxy) is 1. The van der Waals surface area contributed by atoms with Crippen molar-refractivity contribution in [2.24, 2.45) is 5.10 Å². The molecule has 1 unspecified atom stereocenters. The third-order valence-electron chi connectivity index (χ3n) is 5.83. The highest BCUT2D eigenvalue weighted by atomic mass is 16.5. The highest BCUT2D eigenvalue weighted by molar-refractivity contribution is 5.86. The molecule has 33 heavy (non-hydrogen) atoms. The number of nitrogens with zero attached hydrogens (tertiary/aromatic N) is 7. The number of morpholine rings is 1. The molecular weight excluding hydrogens is 420 g/mol. The van der Waals surface area contributed by atoms with Crippen molar-refractivity contribution >= 4 is 29.5 Å². The SMILES string of the molecule is CN1c2nc(N/N=C/c3cccc(O)c3)nc(N3CCOCC3)c2N(C)C1c1ccncc1. The van der Waals surface area contributed by atoms with Gasteiger partial charge in [-0.1, -0.05) is 12.1 Å². The molecule has 0 saturated carbocycles. The number of nitrogens with one attached hydrogen (secondary N) is 1. The molecule has 10 nitrogen and oxygen atoms in total. The Labute approximate surface area is 192 Å². The van der Waals surface area contributed by atoms with Crippen molar-refractivity contribution in [3.63, 3.8) is 0 Å². The lowest BCUT2D eigenvalue weighted by atomic mass is 10.2. The Kier molecular flexibility index (Phi) is 5.66. The van der Waals surface area contributed by atoms with Crippen molar-refractivity contribution in [2.45, 2.75) is 6.17 Å². The zero-order valence-electron chi connectivity index (χ0n) is 18.6. The summed E-state index contributed by atoms with van der Waals surface area (Å²) in [6, 6.07) is 10.9. The van der Waals surface area contributed by atoms with E-state index in [2.05, 4.69) is 37.3 Å². The molecule has 1 aromatic carbocycles. The van der Waals surface area contributed by atoms with E-state index in [9.17, 15) is 5.11 Å². The average molecular weight is 447 g/mol. The molecule has 1 atom stereocenters. The number of phenolic OH excluding ortho intramolecular Hbond substituents is 1. The van der Waals surface area contributed by atoms with Crippen LogP contribution in [0.4, 0.5) is 23.3 Å². The number of hydrogen-bond donors (Lipinski definition) is 2. The number of pyridine rings is 1. The van der Waals surface area contributed by atoms with Gasteiger partial charge in [0.25, 0.3) is 0 Å². The van der Waals surface area contributed by atoms with Crippen LogP contribution in [0, 0.1) is 0 Å². The first-order valence-electron chi connectivity index (χ1n) is 10.8. The van der Waals surface area contributed by atoms with Crippen molar-refractivity contribution < 1.29 is 9.84 Å². The fourth-order valence-corrected chi connectivity index (χ4v) is 4.29. The molecular formula is C23H26N8O2. The summed E-state index contributed by atoms with van der Waals surface area (Å²) in [7, 11) is 4.09. The maximum Gasteiger partial charge on any atom is 0.247 e. The van der Waals surface area contributed by atoms with Gasteiger partial charge in [-0.2, -0.15) is 15.1 Å². The van der Waals surface area contributed by atoms with E-state index in [4.69, 9.17) is 14.7 Å². The maximum atomic E-state index is 9.65. The summed E-state index contributed by atoms with van der Waals surface area (Å²) in [5.74, 6) is 2.27. The Morgan fingerprint density at radius 2 is 1.82 bits per heavy atom. The van der Waals surface area contributed by atoms with Crippen LogP contribution in [0.5, 0.6) is 5.75 Å². The van der Waals surface area contributed by atoms with Crippen LogP contribution in [0.3, 0.4) is 0 Å². The maximum absolute atomic E-state index is 9.65. The third-order valence-corrected chi connectivity index (χ3v) is 5.83. The van der Waals surface area contributed by atoms with Crippen LogP contribution in [-0.4, -0.2) is 66.7 Å². The normalized spacial score (nSPS) is 18.1. The Bertz CT molecular complexity index is 1150. The van der Waals surface area contributed by atoms with Gasteiger partial charge in [0.05, 0.1) is 19.4 Å². The molecule has 3 aromatic rings.